The van der Waals surface area contributed by atoms with Crippen molar-refractivity contribution in [1.29, 1.82) is 5.26 Å². The summed E-state index contributed by atoms with van der Waals surface area (Å²) in [4.78, 5) is 16.1. The van der Waals surface area contributed by atoms with Gasteiger partial charge in [-0.2, -0.15) is 5.26 Å². The number of ether oxygens (including phenoxy) is 1. The number of halogens is 1. The second kappa shape index (κ2) is 7.42. The van der Waals surface area contributed by atoms with Crippen molar-refractivity contribution in [1.82, 2.24) is 4.98 Å². The van der Waals surface area contributed by atoms with Gasteiger partial charge in [-0.3, -0.25) is 4.79 Å². The minimum absolute atomic E-state index is 0.0776. The van der Waals surface area contributed by atoms with E-state index in [1.165, 1.54) is 0 Å². The van der Waals surface area contributed by atoms with Crippen LogP contribution in [-0.2, 0) is 0 Å². The van der Waals surface area contributed by atoms with E-state index in [0.29, 0.717) is 28.9 Å². The highest BCUT2D eigenvalue weighted by Gasteiger charge is 2.19. The molecular weight excluding hydrogens is 396 g/mol. The van der Waals surface area contributed by atoms with E-state index in [1.54, 1.807) is 18.2 Å². The molecule has 0 aliphatic carbocycles. The smallest absolute Gasteiger partial charge is 0.268 e. The summed E-state index contributed by atoms with van der Waals surface area (Å²) < 4.78 is 6.38. The zero-order valence-corrected chi connectivity index (χ0v) is 15.5. The van der Waals surface area contributed by atoms with Crippen LogP contribution in [0.1, 0.15) is 23.0 Å². The van der Waals surface area contributed by atoms with Crippen LogP contribution in [-0.4, -0.2) is 17.5 Å². The van der Waals surface area contributed by atoms with Crippen LogP contribution in [0.25, 0.3) is 10.9 Å². The molecule has 0 bridgehead atoms. The third-order valence-corrected chi connectivity index (χ3v) is 4.20. The Labute approximate surface area is 158 Å². The number of nitrogens with two attached hydrogens (primary N) is 1. The molecule has 3 aromatic rings. The first kappa shape index (κ1) is 17.7. The van der Waals surface area contributed by atoms with E-state index < -0.39 is 5.91 Å². The van der Waals surface area contributed by atoms with E-state index in [-0.39, 0.29) is 11.3 Å². The Balaban J connectivity index is 2.26. The molecule has 3 rings (SSSR count). The highest BCUT2D eigenvalue weighted by atomic mass is 79.9. The van der Waals surface area contributed by atoms with Crippen molar-refractivity contribution in [2.45, 2.75) is 6.92 Å². The van der Waals surface area contributed by atoms with Gasteiger partial charge in [0, 0.05) is 21.6 Å². The van der Waals surface area contributed by atoms with Gasteiger partial charge in [-0.15, -0.1) is 0 Å². The summed E-state index contributed by atoms with van der Waals surface area (Å²) in [5.74, 6) is -0.136. The third-order valence-electron chi connectivity index (χ3n) is 3.71. The van der Waals surface area contributed by atoms with Crippen molar-refractivity contribution in [3.8, 4) is 11.8 Å². The first-order valence-electron chi connectivity index (χ1n) is 7.86. The average Bonchev–Trinajstić information content (AvgIpc) is 2.61. The zero-order chi connectivity index (χ0) is 18.7. The molecule has 0 atom stereocenters. The van der Waals surface area contributed by atoms with Gasteiger partial charge in [-0.25, -0.2) is 4.98 Å². The van der Waals surface area contributed by atoms with E-state index >= 15 is 0 Å². The molecule has 0 unspecified atom stereocenters. The molecule has 6 nitrogen and oxygen atoms in total. The molecule has 26 heavy (non-hydrogen) atoms. The van der Waals surface area contributed by atoms with Gasteiger partial charge in [0.1, 0.15) is 23.1 Å². The van der Waals surface area contributed by atoms with E-state index in [1.807, 2.05) is 37.3 Å². The number of primary amides is 1. The third kappa shape index (κ3) is 3.46. The number of aromatic nitrogens is 1. The number of carbonyl (C=O) groups excluding carboxylic acids is 1. The number of carbonyl (C=O) groups is 1. The Morgan fingerprint density at radius 2 is 2.15 bits per heavy atom. The number of nitrogens with one attached hydrogen (secondary N) is 1. The number of rotatable bonds is 5. The van der Waals surface area contributed by atoms with Gasteiger partial charge in [-0.05, 0) is 37.3 Å². The van der Waals surface area contributed by atoms with Crippen LogP contribution in [0.15, 0.2) is 46.9 Å². The molecule has 0 aliphatic rings. The maximum atomic E-state index is 11.8. The fraction of sp³-hybridized carbons (Fsp3) is 0.105. The summed E-state index contributed by atoms with van der Waals surface area (Å²) in [6, 6.07) is 14.8. The molecule has 0 aliphatic heterocycles. The van der Waals surface area contributed by atoms with Crippen molar-refractivity contribution >= 4 is 44.1 Å². The molecule has 1 heterocycles. The fourth-order valence-electron chi connectivity index (χ4n) is 2.63. The minimum Gasteiger partial charge on any atom is -0.494 e. The molecule has 0 fully saturated rings. The molecule has 2 aromatic carbocycles. The molecule has 1 aromatic heterocycles. The molecule has 0 radical (unpaired) electrons. The predicted molar refractivity (Wildman–Crippen MR) is 104 cm³/mol. The number of nitrogens with zero attached hydrogens (tertiary/aromatic N) is 2. The van der Waals surface area contributed by atoms with E-state index in [9.17, 15) is 10.1 Å². The molecule has 1 amide bonds. The molecule has 3 N–H and O–H groups in total. The van der Waals surface area contributed by atoms with E-state index in [2.05, 4.69) is 26.2 Å². The fourth-order valence-corrected chi connectivity index (χ4v) is 3.03. The lowest BCUT2D eigenvalue weighted by Crippen LogP contribution is -2.16. The van der Waals surface area contributed by atoms with Crippen LogP contribution in [0.4, 0.5) is 11.4 Å². The summed E-state index contributed by atoms with van der Waals surface area (Å²) in [5.41, 5.74) is 7.22. The van der Waals surface area contributed by atoms with Gasteiger partial charge in [0.2, 0.25) is 0 Å². The standard InChI is InChI=1S/C19H15BrN4O2/c1-2-26-13-6-7-14-16(9-13)24-18(19(22)25)15(10-21)17(14)23-12-5-3-4-11(20)8-12/h3-9H,2H2,1H3,(H2,22,25)(H,23,24). The normalized spacial score (nSPS) is 10.3. The first-order valence-corrected chi connectivity index (χ1v) is 8.65. The van der Waals surface area contributed by atoms with Gasteiger partial charge in [-0.1, -0.05) is 22.0 Å². The lowest BCUT2D eigenvalue weighted by molar-refractivity contribution is 0.0995. The van der Waals surface area contributed by atoms with Crippen molar-refractivity contribution in [2.75, 3.05) is 11.9 Å². The van der Waals surface area contributed by atoms with E-state index in [0.717, 1.165) is 10.2 Å². The highest BCUT2D eigenvalue weighted by Crippen LogP contribution is 2.33. The largest absolute Gasteiger partial charge is 0.494 e. The van der Waals surface area contributed by atoms with Crippen LogP contribution in [0, 0.1) is 11.3 Å². The van der Waals surface area contributed by atoms with Crippen LogP contribution in [0.5, 0.6) is 5.75 Å². The summed E-state index contributed by atoms with van der Waals surface area (Å²) in [6.45, 7) is 2.39. The van der Waals surface area contributed by atoms with Gasteiger partial charge < -0.3 is 15.8 Å². The van der Waals surface area contributed by atoms with Crippen LogP contribution in [0.3, 0.4) is 0 Å². The maximum absolute atomic E-state index is 11.8. The molecule has 130 valence electrons. The minimum atomic E-state index is -0.762. The second-order valence-corrected chi connectivity index (χ2v) is 6.35. The van der Waals surface area contributed by atoms with Gasteiger partial charge >= 0.3 is 0 Å². The molecule has 0 saturated carbocycles. The second-order valence-electron chi connectivity index (χ2n) is 5.43. The first-order chi connectivity index (χ1) is 12.5. The lowest BCUT2D eigenvalue weighted by Gasteiger charge is -2.14. The Morgan fingerprint density at radius 1 is 1.35 bits per heavy atom. The van der Waals surface area contributed by atoms with Crippen molar-refractivity contribution in [3.63, 3.8) is 0 Å². The quantitative estimate of drug-likeness (QED) is 0.658. The van der Waals surface area contributed by atoms with Crippen molar-refractivity contribution < 1.29 is 9.53 Å². The van der Waals surface area contributed by atoms with Gasteiger partial charge in [0.15, 0.2) is 0 Å². The maximum Gasteiger partial charge on any atom is 0.268 e. The number of anilines is 2. The number of fused-ring (bicyclic) bond motifs is 1. The summed E-state index contributed by atoms with van der Waals surface area (Å²) >= 11 is 3.42. The van der Waals surface area contributed by atoms with Gasteiger partial charge in [0.25, 0.3) is 5.91 Å². The number of pyridine rings is 1. The number of nitriles is 1. The van der Waals surface area contributed by atoms with Gasteiger partial charge in [0.05, 0.1) is 17.8 Å². The number of benzene rings is 2. The predicted octanol–water partition coefficient (Wildman–Crippen LogP) is 4.11. The Hall–Kier alpha value is -3.11. The molecule has 0 spiro atoms. The number of hydrogen-bond acceptors (Lipinski definition) is 5. The Kier molecular flexibility index (Phi) is 5.05. The monoisotopic (exact) mass is 410 g/mol. The van der Waals surface area contributed by atoms with Crippen LogP contribution < -0.4 is 15.8 Å². The number of hydrogen-bond donors (Lipinski definition) is 2. The molecular formula is C19H15BrN4O2. The van der Waals surface area contributed by atoms with E-state index in [4.69, 9.17) is 10.5 Å². The summed E-state index contributed by atoms with van der Waals surface area (Å²) in [5, 5.41) is 13.5. The van der Waals surface area contributed by atoms with Crippen molar-refractivity contribution in [2.24, 2.45) is 5.73 Å². The number of amides is 1. The Morgan fingerprint density at radius 3 is 2.81 bits per heavy atom. The van der Waals surface area contributed by atoms with Crippen molar-refractivity contribution in [3.05, 3.63) is 58.2 Å². The average molecular weight is 411 g/mol. The Bertz CT molecular complexity index is 1040. The SMILES string of the molecule is CCOc1ccc2c(Nc3cccc(Br)c3)c(C#N)c(C(N)=O)nc2c1. The highest BCUT2D eigenvalue weighted by molar-refractivity contribution is 9.10. The lowest BCUT2D eigenvalue weighted by atomic mass is 10.1. The summed E-state index contributed by atoms with van der Waals surface area (Å²) in [6.07, 6.45) is 0. The van der Waals surface area contributed by atoms with Crippen LogP contribution in [0.2, 0.25) is 0 Å². The molecule has 0 saturated heterocycles. The molecule has 7 heteroatoms. The van der Waals surface area contributed by atoms with Crippen LogP contribution >= 0.6 is 15.9 Å². The topological polar surface area (TPSA) is 101 Å². The zero-order valence-electron chi connectivity index (χ0n) is 13.9. The summed E-state index contributed by atoms with van der Waals surface area (Å²) in [7, 11) is 0.